The van der Waals surface area contributed by atoms with E-state index in [4.69, 9.17) is 24.6 Å². The molecule has 0 saturated heterocycles. The van der Waals surface area contributed by atoms with E-state index in [0.29, 0.717) is 23.5 Å². The normalized spacial score (nSPS) is 11.2. The fourth-order valence-electron chi connectivity index (χ4n) is 2.58. The second-order valence-electron chi connectivity index (χ2n) is 5.95. The molecule has 0 aliphatic rings. The molecule has 2 aromatic rings. The summed E-state index contributed by atoms with van der Waals surface area (Å²) in [6.45, 7) is 1.80. The molecule has 1 unspecified atom stereocenters. The van der Waals surface area contributed by atoms with Crippen molar-refractivity contribution in [2.75, 3.05) is 20.3 Å². The number of ether oxygens (including phenoxy) is 3. The number of aliphatic carboxylic acids is 1. The summed E-state index contributed by atoms with van der Waals surface area (Å²) in [5.74, 6) is -0.926. The number of hydrogen-bond acceptors (Lipinski definition) is 6. The Balaban J connectivity index is 2.15. The molecule has 2 aromatic carbocycles. The second-order valence-corrected chi connectivity index (χ2v) is 5.95. The van der Waals surface area contributed by atoms with Crippen molar-refractivity contribution >= 4 is 11.9 Å². The maximum absolute atomic E-state index is 12.7. The molecule has 2 N–H and O–H groups in total. The van der Waals surface area contributed by atoms with Gasteiger partial charge in [-0.25, -0.2) is 4.79 Å². The lowest BCUT2D eigenvalue weighted by Crippen LogP contribution is -2.30. The summed E-state index contributed by atoms with van der Waals surface area (Å²) in [4.78, 5) is 23.5. The third-order valence-corrected chi connectivity index (χ3v) is 3.96. The van der Waals surface area contributed by atoms with E-state index in [1.54, 1.807) is 43.3 Å². The summed E-state index contributed by atoms with van der Waals surface area (Å²) in [5, 5.41) is 20.5. The van der Waals surface area contributed by atoms with Gasteiger partial charge in [-0.3, -0.25) is 4.79 Å². The molecule has 0 spiro atoms. The first-order valence-electron chi connectivity index (χ1n) is 8.89. The van der Waals surface area contributed by atoms with Gasteiger partial charge < -0.3 is 24.6 Å². The van der Waals surface area contributed by atoms with E-state index in [0.717, 1.165) is 5.56 Å². The van der Waals surface area contributed by atoms with Crippen molar-refractivity contribution < 1.29 is 28.9 Å². The predicted molar refractivity (Wildman–Crippen MR) is 103 cm³/mol. The van der Waals surface area contributed by atoms with Crippen LogP contribution in [0.5, 0.6) is 11.5 Å². The number of amides is 1. The van der Waals surface area contributed by atoms with E-state index in [9.17, 15) is 9.59 Å². The molecule has 0 bridgehead atoms. The van der Waals surface area contributed by atoms with Crippen molar-refractivity contribution in [2.45, 2.75) is 19.6 Å². The number of carbonyl (C=O) groups is 2. The molecule has 0 heterocycles. The topological polar surface area (TPSA) is 118 Å². The van der Waals surface area contributed by atoms with Crippen LogP contribution in [0.1, 0.15) is 29.7 Å². The van der Waals surface area contributed by atoms with Crippen LogP contribution in [-0.4, -0.2) is 37.3 Å². The number of nitrogens with zero attached hydrogens (tertiary/aromatic N) is 1. The largest absolute Gasteiger partial charge is 0.493 e. The predicted octanol–water partition coefficient (Wildman–Crippen LogP) is 2.42. The van der Waals surface area contributed by atoms with Gasteiger partial charge in [0.2, 0.25) is 0 Å². The number of carboxylic acids is 1. The third kappa shape index (κ3) is 6.23. The minimum Gasteiger partial charge on any atom is -0.493 e. The van der Waals surface area contributed by atoms with Crippen LogP contribution >= 0.6 is 0 Å². The molecule has 0 aliphatic carbocycles. The molecule has 1 atom stereocenters. The SMILES string of the molecule is CCOC(C(=O)NCc1ccc(C#N)cc1)c1ccc(OC)c(OCC(=O)O)c1. The van der Waals surface area contributed by atoms with E-state index in [1.165, 1.54) is 13.2 Å². The number of nitriles is 1. The average molecular weight is 398 g/mol. The summed E-state index contributed by atoms with van der Waals surface area (Å²) in [5.41, 5.74) is 1.89. The fourth-order valence-corrected chi connectivity index (χ4v) is 2.58. The van der Waals surface area contributed by atoms with Crippen LogP contribution < -0.4 is 14.8 Å². The Kier molecular flexibility index (Phi) is 8.00. The van der Waals surface area contributed by atoms with Gasteiger partial charge in [-0.1, -0.05) is 18.2 Å². The first-order valence-corrected chi connectivity index (χ1v) is 8.89. The van der Waals surface area contributed by atoms with Crippen LogP contribution in [0.2, 0.25) is 0 Å². The van der Waals surface area contributed by atoms with E-state index >= 15 is 0 Å². The van der Waals surface area contributed by atoms with E-state index in [1.807, 2.05) is 6.07 Å². The van der Waals surface area contributed by atoms with Crippen LogP contribution in [0.15, 0.2) is 42.5 Å². The smallest absolute Gasteiger partial charge is 0.341 e. The standard InChI is InChI=1S/C21H22N2O6/c1-3-28-20(21(26)23-12-15-6-4-14(11-22)5-7-15)16-8-9-17(27-2)18(10-16)29-13-19(24)25/h4-10,20H,3,12-13H2,1-2H3,(H,23,26)(H,24,25). The highest BCUT2D eigenvalue weighted by Crippen LogP contribution is 2.31. The highest BCUT2D eigenvalue weighted by molar-refractivity contribution is 5.82. The van der Waals surface area contributed by atoms with Crippen molar-refractivity contribution in [3.63, 3.8) is 0 Å². The monoisotopic (exact) mass is 398 g/mol. The summed E-state index contributed by atoms with van der Waals surface area (Å²) >= 11 is 0. The summed E-state index contributed by atoms with van der Waals surface area (Å²) in [7, 11) is 1.44. The summed E-state index contributed by atoms with van der Waals surface area (Å²) < 4.78 is 16.0. The lowest BCUT2D eigenvalue weighted by Gasteiger charge is -2.19. The zero-order chi connectivity index (χ0) is 21.2. The van der Waals surface area contributed by atoms with Gasteiger partial charge in [-0.15, -0.1) is 0 Å². The number of benzene rings is 2. The van der Waals surface area contributed by atoms with Gasteiger partial charge in [0.25, 0.3) is 5.91 Å². The first-order chi connectivity index (χ1) is 14.0. The van der Waals surface area contributed by atoms with Crippen molar-refractivity contribution in [1.29, 1.82) is 5.26 Å². The summed E-state index contributed by atoms with van der Waals surface area (Å²) in [6.07, 6.45) is -0.906. The van der Waals surface area contributed by atoms with Gasteiger partial charge >= 0.3 is 5.97 Å². The Morgan fingerprint density at radius 2 is 1.90 bits per heavy atom. The van der Waals surface area contributed by atoms with E-state index in [-0.39, 0.29) is 18.2 Å². The molecule has 1 amide bonds. The molecule has 0 saturated carbocycles. The molecular formula is C21H22N2O6. The molecule has 152 valence electrons. The van der Waals surface area contributed by atoms with Crippen LogP contribution in [0.25, 0.3) is 0 Å². The number of hydrogen-bond donors (Lipinski definition) is 2. The number of carboxylic acid groups (broad SMARTS) is 1. The third-order valence-electron chi connectivity index (χ3n) is 3.96. The molecule has 29 heavy (non-hydrogen) atoms. The van der Waals surface area contributed by atoms with Crippen molar-refractivity contribution in [2.24, 2.45) is 0 Å². The number of methoxy groups -OCH3 is 1. The van der Waals surface area contributed by atoms with Crippen molar-refractivity contribution in [1.82, 2.24) is 5.32 Å². The Labute approximate surface area is 168 Å². The van der Waals surface area contributed by atoms with Crippen LogP contribution in [0, 0.1) is 11.3 Å². The zero-order valence-electron chi connectivity index (χ0n) is 16.2. The van der Waals surface area contributed by atoms with Gasteiger partial charge in [0.05, 0.1) is 18.7 Å². The lowest BCUT2D eigenvalue weighted by atomic mass is 10.1. The molecule has 0 fully saturated rings. The van der Waals surface area contributed by atoms with Crippen LogP contribution in [-0.2, 0) is 20.9 Å². The molecule has 0 aromatic heterocycles. The molecule has 8 heteroatoms. The lowest BCUT2D eigenvalue weighted by molar-refractivity contribution is -0.139. The van der Waals surface area contributed by atoms with Gasteiger partial charge in [-0.05, 0) is 42.3 Å². The van der Waals surface area contributed by atoms with Gasteiger partial charge in [0.1, 0.15) is 0 Å². The van der Waals surface area contributed by atoms with Gasteiger partial charge in [0.15, 0.2) is 24.2 Å². The summed E-state index contributed by atoms with van der Waals surface area (Å²) in [6, 6.07) is 13.7. The first kappa shape index (κ1) is 21.7. The van der Waals surface area contributed by atoms with Crippen LogP contribution in [0.3, 0.4) is 0 Å². The van der Waals surface area contributed by atoms with E-state index in [2.05, 4.69) is 5.32 Å². The van der Waals surface area contributed by atoms with Crippen molar-refractivity contribution in [3.8, 4) is 17.6 Å². The molecule has 0 radical (unpaired) electrons. The number of nitrogens with one attached hydrogen (secondary N) is 1. The van der Waals surface area contributed by atoms with Gasteiger partial charge in [-0.2, -0.15) is 5.26 Å². The Hall–Kier alpha value is -3.57. The Morgan fingerprint density at radius 3 is 2.48 bits per heavy atom. The maximum Gasteiger partial charge on any atom is 0.341 e. The minimum atomic E-state index is -1.13. The Morgan fingerprint density at radius 1 is 1.17 bits per heavy atom. The maximum atomic E-state index is 12.7. The minimum absolute atomic E-state index is 0.206. The molecule has 8 nitrogen and oxygen atoms in total. The quantitative estimate of drug-likeness (QED) is 0.631. The highest BCUT2D eigenvalue weighted by atomic mass is 16.5. The Bertz CT molecular complexity index is 889. The molecule has 2 rings (SSSR count). The van der Waals surface area contributed by atoms with Crippen LogP contribution in [0.4, 0.5) is 0 Å². The molecule has 0 aliphatic heterocycles. The van der Waals surface area contributed by atoms with Crippen molar-refractivity contribution in [3.05, 3.63) is 59.2 Å². The second kappa shape index (κ2) is 10.7. The zero-order valence-corrected chi connectivity index (χ0v) is 16.2. The number of carbonyl (C=O) groups excluding carboxylic acids is 1. The number of rotatable bonds is 10. The van der Waals surface area contributed by atoms with E-state index < -0.39 is 18.7 Å². The van der Waals surface area contributed by atoms with Gasteiger partial charge in [0, 0.05) is 13.2 Å². The molecular weight excluding hydrogens is 376 g/mol. The fraction of sp³-hybridized carbons (Fsp3) is 0.286. The average Bonchev–Trinajstić information content (AvgIpc) is 2.74. The highest BCUT2D eigenvalue weighted by Gasteiger charge is 2.22.